The highest BCUT2D eigenvalue weighted by molar-refractivity contribution is 5.96. The van der Waals surface area contributed by atoms with Crippen LogP contribution in [0.15, 0.2) is 18.3 Å². The van der Waals surface area contributed by atoms with Crippen molar-refractivity contribution < 1.29 is 27.6 Å². The normalized spacial score (nSPS) is 20.5. The van der Waals surface area contributed by atoms with Gasteiger partial charge in [0.15, 0.2) is 17.5 Å². The molecule has 2 aliphatic rings. The maximum Gasteiger partial charge on any atom is 0.322 e. The zero-order valence-corrected chi connectivity index (χ0v) is 18.5. The van der Waals surface area contributed by atoms with Crippen molar-refractivity contribution in [3.05, 3.63) is 41.5 Å². The Labute approximate surface area is 188 Å². The molecule has 1 aromatic carbocycles. The highest BCUT2D eigenvalue weighted by atomic mass is 19.2. The lowest BCUT2D eigenvalue weighted by molar-refractivity contribution is -0.121. The van der Waals surface area contributed by atoms with E-state index in [1.165, 1.54) is 4.90 Å². The Balaban J connectivity index is 1.51. The van der Waals surface area contributed by atoms with Crippen molar-refractivity contribution in [1.29, 1.82) is 0 Å². The summed E-state index contributed by atoms with van der Waals surface area (Å²) in [5.74, 6) is -4.33. The number of hydroxylamine groups is 2. The molecule has 2 aliphatic heterocycles. The van der Waals surface area contributed by atoms with Gasteiger partial charge >= 0.3 is 6.03 Å². The SMILES string of the molecule is CON(C)CC1CC(=O)N(c2cnn3c2CN(C(=O)Nc2cc(F)c(F)c(F)c2)[C@@H](C)C3)C1. The molecule has 3 heterocycles. The fourth-order valence-corrected chi connectivity index (χ4v) is 4.28. The van der Waals surface area contributed by atoms with Gasteiger partial charge in [-0.15, -0.1) is 0 Å². The van der Waals surface area contributed by atoms with Crippen LogP contribution in [0.3, 0.4) is 0 Å². The topological polar surface area (TPSA) is 82.9 Å². The first kappa shape index (κ1) is 23.1. The lowest BCUT2D eigenvalue weighted by Crippen LogP contribution is -2.47. The summed E-state index contributed by atoms with van der Waals surface area (Å²) in [5.41, 5.74) is 1.13. The van der Waals surface area contributed by atoms with E-state index < -0.39 is 23.5 Å². The number of nitrogens with zero attached hydrogens (tertiary/aromatic N) is 5. The number of rotatable bonds is 5. The third-order valence-corrected chi connectivity index (χ3v) is 6.03. The van der Waals surface area contributed by atoms with Crippen molar-refractivity contribution >= 4 is 23.3 Å². The molecule has 1 aromatic heterocycles. The van der Waals surface area contributed by atoms with Crippen LogP contribution in [0.2, 0.25) is 0 Å². The Hall–Kier alpha value is -3.12. The number of carbonyl (C=O) groups is 2. The number of aromatic nitrogens is 2. The molecule has 0 radical (unpaired) electrons. The summed E-state index contributed by atoms with van der Waals surface area (Å²) < 4.78 is 42.0. The number of hydrogen-bond donors (Lipinski definition) is 1. The van der Waals surface area contributed by atoms with E-state index in [-0.39, 0.29) is 30.1 Å². The highest BCUT2D eigenvalue weighted by Crippen LogP contribution is 2.32. The number of halogens is 3. The summed E-state index contributed by atoms with van der Waals surface area (Å²) in [4.78, 5) is 33.9. The van der Waals surface area contributed by atoms with E-state index in [1.54, 1.807) is 35.0 Å². The zero-order chi connectivity index (χ0) is 23.9. The minimum atomic E-state index is -1.60. The quantitative estimate of drug-likeness (QED) is 0.541. The number of fused-ring (bicyclic) bond motifs is 1. The maximum atomic E-state index is 13.5. The number of anilines is 2. The van der Waals surface area contributed by atoms with Crippen LogP contribution in [0.25, 0.3) is 0 Å². The van der Waals surface area contributed by atoms with E-state index in [0.29, 0.717) is 37.4 Å². The van der Waals surface area contributed by atoms with Gasteiger partial charge in [0.1, 0.15) is 0 Å². The van der Waals surface area contributed by atoms with Gasteiger partial charge in [-0.2, -0.15) is 10.2 Å². The fourth-order valence-electron chi connectivity index (χ4n) is 4.28. The molecule has 1 saturated heterocycles. The van der Waals surface area contributed by atoms with Gasteiger partial charge < -0.3 is 20.0 Å². The second-order valence-corrected chi connectivity index (χ2v) is 8.39. The van der Waals surface area contributed by atoms with Crippen LogP contribution < -0.4 is 10.2 Å². The first-order chi connectivity index (χ1) is 15.7. The minimum Gasteiger partial charge on any atom is -0.314 e. The van der Waals surface area contributed by atoms with E-state index >= 15 is 0 Å². The summed E-state index contributed by atoms with van der Waals surface area (Å²) in [7, 11) is 3.36. The third kappa shape index (κ3) is 4.53. The van der Waals surface area contributed by atoms with Gasteiger partial charge in [0, 0.05) is 50.3 Å². The van der Waals surface area contributed by atoms with Crippen LogP contribution in [-0.4, -0.2) is 65.0 Å². The molecule has 0 spiro atoms. The Bertz CT molecular complexity index is 1050. The molecule has 2 atom stereocenters. The highest BCUT2D eigenvalue weighted by Gasteiger charge is 2.36. The molecule has 3 amide bonds. The first-order valence-electron chi connectivity index (χ1n) is 10.5. The molecule has 178 valence electrons. The van der Waals surface area contributed by atoms with E-state index in [4.69, 9.17) is 4.84 Å². The molecule has 0 aliphatic carbocycles. The molecule has 9 nitrogen and oxygen atoms in total. The summed E-state index contributed by atoms with van der Waals surface area (Å²) in [6, 6.07) is 0.567. The largest absolute Gasteiger partial charge is 0.322 e. The van der Waals surface area contributed by atoms with Gasteiger partial charge in [-0.25, -0.2) is 18.0 Å². The van der Waals surface area contributed by atoms with Crippen LogP contribution in [0.4, 0.5) is 29.3 Å². The van der Waals surface area contributed by atoms with Gasteiger partial charge in [-0.3, -0.25) is 9.48 Å². The lowest BCUT2D eigenvalue weighted by Gasteiger charge is -2.35. The summed E-state index contributed by atoms with van der Waals surface area (Å²) in [6.07, 6.45) is 2.00. The summed E-state index contributed by atoms with van der Waals surface area (Å²) in [5, 5.41) is 8.48. The second-order valence-electron chi connectivity index (χ2n) is 8.39. The number of amides is 3. The van der Waals surface area contributed by atoms with E-state index in [9.17, 15) is 22.8 Å². The molecular formula is C21H25F3N6O3. The molecule has 0 bridgehead atoms. The van der Waals surface area contributed by atoms with E-state index in [0.717, 1.165) is 12.1 Å². The molecule has 4 rings (SSSR count). The van der Waals surface area contributed by atoms with Gasteiger partial charge in [0.2, 0.25) is 5.91 Å². The summed E-state index contributed by atoms with van der Waals surface area (Å²) in [6.45, 7) is 3.43. The molecular weight excluding hydrogens is 441 g/mol. The van der Waals surface area contributed by atoms with Crippen LogP contribution in [0.5, 0.6) is 0 Å². The monoisotopic (exact) mass is 466 g/mol. The molecule has 33 heavy (non-hydrogen) atoms. The van der Waals surface area contributed by atoms with E-state index in [2.05, 4.69) is 10.4 Å². The van der Waals surface area contributed by atoms with Gasteiger partial charge in [-0.1, -0.05) is 0 Å². The van der Waals surface area contributed by atoms with Crippen LogP contribution in [0, 0.1) is 23.4 Å². The van der Waals surface area contributed by atoms with E-state index in [1.807, 2.05) is 6.92 Å². The molecule has 1 fully saturated rings. The molecule has 12 heteroatoms. The van der Waals surface area contributed by atoms with Crippen molar-refractivity contribution in [2.24, 2.45) is 5.92 Å². The molecule has 2 aromatic rings. The second kappa shape index (κ2) is 9.02. The first-order valence-corrected chi connectivity index (χ1v) is 10.5. The summed E-state index contributed by atoms with van der Waals surface area (Å²) >= 11 is 0. The molecule has 0 saturated carbocycles. The maximum absolute atomic E-state index is 13.5. The van der Waals surface area contributed by atoms with Crippen molar-refractivity contribution in [2.45, 2.75) is 32.5 Å². The Morgan fingerprint density at radius 2 is 1.97 bits per heavy atom. The predicted octanol–water partition coefficient (Wildman–Crippen LogP) is 2.58. The van der Waals surface area contributed by atoms with Crippen molar-refractivity contribution in [1.82, 2.24) is 19.7 Å². The molecule has 1 N–H and O–H groups in total. The Kier molecular flexibility index (Phi) is 6.30. The Morgan fingerprint density at radius 1 is 1.27 bits per heavy atom. The lowest BCUT2D eigenvalue weighted by atomic mass is 10.1. The van der Waals surface area contributed by atoms with Gasteiger partial charge in [0.25, 0.3) is 0 Å². The zero-order valence-electron chi connectivity index (χ0n) is 18.5. The number of hydrogen-bond acceptors (Lipinski definition) is 5. The standard InChI is InChI=1S/C21H25F3N6O3/c1-12-8-30-18(11-28(12)21(32)26-14-5-15(22)20(24)16(23)6-14)17(7-25-30)29-10-13(4-19(29)31)9-27(2)33-3/h5-7,12-13H,4,8-11H2,1-3H3,(H,26,32)/t12-,13?/m0/s1. The number of nitrogens with one attached hydrogen (secondary N) is 1. The van der Waals surface area contributed by atoms with Crippen LogP contribution in [-0.2, 0) is 22.7 Å². The molecule has 1 unspecified atom stereocenters. The van der Waals surface area contributed by atoms with Crippen molar-refractivity contribution in [3.8, 4) is 0 Å². The third-order valence-electron chi connectivity index (χ3n) is 6.03. The Morgan fingerprint density at radius 3 is 2.64 bits per heavy atom. The van der Waals surface area contributed by atoms with Gasteiger partial charge in [0.05, 0.1) is 43.8 Å². The van der Waals surface area contributed by atoms with Crippen molar-refractivity contribution in [2.75, 3.05) is 37.5 Å². The number of urea groups is 1. The van der Waals surface area contributed by atoms with Gasteiger partial charge in [-0.05, 0) is 6.92 Å². The van der Waals surface area contributed by atoms with Crippen LogP contribution >= 0.6 is 0 Å². The number of carbonyl (C=O) groups excluding carboxylic acids is 2. The fraction of sp³-hybridized carbons (Fsp3) is 0.476. The average Bonchev–Trinajstić information content (AvgIpc) is 3.33. The van der Waals surface area contributed by atoms with Crippen LogP contribution in [0.1, 0.15) is 19.0 Å². The predicted molar refractivity (Wildman–Crippen MR) is 113 cm³/mol. The van der Waals surface area contributed by atoms with Crippen molar-refractivity contribution in [3.63, 3.8) is 0 Å². The number of benzene rings is 1. The smallest absolute Gasteiger partial charge is 0.314 e. The minimum absolute atomic E-state index is 0.0350. The average molecular weight is 466 g/mol.